The van der Waals surface area contributed by atoms with Gasteiger partial charge in [0.1, 0.15) is 0 Å². The van der Waals surface area contributed by atoms with E-state index in [0.717, 1.165) is 12.2 Å². The van der Waals surface area contributed by atoms with Crippen molar-refractivity contribution in [2.24, 2.45) is 11.8 Å². The van der Waals surface area contributed by atoms with E-state index in [0.29, 0.717) is 19.0 Å². The van der Waals surface area contributed by atoms with Gasteiger partial charge in [0.25, 0.3) is 0 Å². The van der Waals surface area contributed by atoms with Gasteiger partial charge in [-0.05, 0) is 5.92 Å². The average molecular weight is 290 g/mol. The fourth-order valence-corrected chi connectivity index (χ4v) is 2.42. The van der Waals surface area contributed by atoms with Gasteiger partial charge in [0.15, 0.2) is 0 Å². The van der Waals surface area contributed by atoms with Crippen LogP contribution in [0.25, 0.3) is 0 Å². The third-order valence-electron chi connectivity index (χ3n) is 3.40. The summed E-state index contributed by atoms with van der Waals surface area (Å²) in [5, 5.41) is 7.01. The van der Waals surface area contributed by atoms with Gasteiger partial charge in [0.2, 0.25) is 11.8 Å². The number of hydrogen-bond acceptors (Lipinski definition) is 3. The number of rotatable bonds is 6. The second-order valence-electron chi connectivity index (χ2n) is 5.75. The van der Waals surface area contributed by atoms with Crippen molar-refractivity contribution in [3.8, 4) is 0 Å². The van der Waals surface area contributed by atoms with Crippen LogP contribution >= 0.6 is 0 Å². The first-order valence-electron chi connectivity index (χ1n) is 7.22. The number of aromatic nitrogens is 2. The summed E-state index contributed by atoms with van der Waals surface area (Å²) in [5.41, 5.74) is 0.764. The number of hydrogen-bond donors (Lipinski definition) is 1. The molecule has 1 saturated heterocycles. The van der Waals surface area contributed by atoms with Crippen LogP contribution in [0.4, 0.5) is 5.69 Å². The zero-order valence-electron chi connectivity index (χ0n) is 12.6. The summed E-state index contributed by atoms with van der Waals surface area (Å²) < 4.78 is 1.83. The molecule has 0 bridgehead atoms. The maximum Gasteiger partial charge on any atom is 0.227 e. The van der Waals surface area contributed by atoms with Gasteiger partial charge in [-0.15, -0.1) is 6.58 Å². The predicted octanol–water partition coefficient (Wildman–Crippen LogP) is 1.19. The Morgan fingerprint density at radius 1 is 1.62 bits per heavy atom. The maximum absolute atomic E-state index is 12.1. The summed E-state index contributed by atoms with van der Waals surface area (Å²) in [6.07, 6.45) is 5.42. The van der Waals surface area contributed by atoms with E-state index in [-0.39, 0.29) is 24.2 Å². The molecule has 0 spiro atoms. The number of nitrogens with zero attached hydrogens (tertiary/aromatic N) is 3. The first kappa shape index (κ1) is 15.3. The van der Waals surface area contributed by atoms with E-state index in [2.05, 4.69) is 30.8 Å². The Balaban J connectivity index is 2.01. The molecular formula is C15H22N4O2. The normalized spacial score (nSPS) is 18.3. The molecule has 1 fully saturated rings. The monoisotopic (exact) mass is 290 g/mol. The van der Waals surface area contributed by atoms with Crippen molar-refractivity contribution in [2.45, 2.75) is 26.8 Å². The molecule has 1 aliphatic heterocycles. The van der Waals surface area contributed by atoms with Gasteiger partial charge < -0.3 is 10.2 Å². The molecule has 21 heavy (non-hydrogen) atoms. The van der Waals surface area contributed by atoms with Crippen molar-refractivity contribution in [1.82, 2.24) is 15.1 Å². The molecule has 1 atom stereocenters. The highest BCUT2D eigenvalue weighted by Gasteiger charge is 2.35. The molecule has 1 aliphatic rings. The highest BCUT2D eigenvalue weighted by molar-refractivity contribution is 6.00. The zero-order chi connectivity index (χ0) is 15.4. The topological polar surface area (TPSA) is 67.2 Å². The van der Waals surface area contributed by atoms with Crippen LogP contribution in [0.5, 0.6) is 0 Å². The van der Waals surface area contributed by atoms with Crippen molar-refractivity contribution in [1.29, 1.82) is 0 Å². The first-order chi connectivity index (χ1) is 10.0. The van der Waals surface area contributed by atoms with Gasteiger partial charge in [0, 0.05) is 32.3 Å². The Morgan fingerprint density at radius 2 is 2.38 bits per heavy atom. The Kier molecular flexibility index (Phi) is 4.77. The van der Waals surface area contributed by atoms with Gasteiger partial charge in [0.05, 0.1) is 17.8 Å². The minimum absolute atomic E-state index is 0.0298. The molecule has 0 unspecified atom stereocenters. The molecule has 0 saturated carbocycles. The highest BCUT2D eigenvalue weighted by Crippen LogP contribution is 2.24. The summed E-state index contributed by atoms with van der Waals surface area (Å²) in [6.45, 7) is 9.44. The van der Waals surface area contributed by atoms with Gasteiger partial charge >= 0.3 is 0 Å². The van der Waals surface area contributed by atoms with Crippen molar-refractivity contribution in [3.05, 3.63) is 25.0 Å². The fraction of sp³-hybridized carbons (Fsp3) is 0.533. The smallest absolute Gasteiger partial charge is 0.227 e. The summed E-state index contributed by atoms with van der Waals surface area (Å²) in [7, 11) is 0. The van der Waals surface area contributed by atoms with Crippen molar-refractivity contribution < 1.29 is 9.59 Å². The highest BCUT2D eigenvalue weighted by atomic mass is 16.2. The standard InChI is InChI=1S/C15H22N4O2/c1-4-5-16-15(21)12-6-14(20)19(9-12)13-7-17-18(10-13)8-11(2)3/h4,7,10-12H,1,5-6,8-9H2,2-3H3,(H,16,21)/t12-/m1/s1. The van der Waals surface area contributed by atoms with Crippen LogP contribution in [-0.4, -0.2) is 34.7 Å². The molecule has 114 valence electrons. The van der Waals surface area contributed by atoms with E-state index >= 15 is 0 Å². The molecule has 0 radical (unpaired) electrons. The molecule has 1 aromatic rings. The molecular weight excluding hydrogens is 268 g/mol. The third kappa shape index (κ3) is 3.71. The third-order valence-corrected chi connectivity index (χ3v) is 3.40. The lowest BCUT2D eigenvalue weighted by atomic mass is 10.1. The molecule has 2 heterocycles. The molecule has 2 rings (SSSR count). The lowest BCUT2D eigenvalue weighted by Crippen LogP contribution is -2.32. The maximum atomic E-state index is 12.1. The van der Waals surface area contributed by atoms with Gasteiger partial charge in [-0.1, -0.05) is 19.9 Å². The minimum atomic E-state index is -0.300. The van der Waals surface area contributed by atoms with Crippen LogP contribution in [-0.2, 0) is 16.1 Å². The van der Waals surface area contributed by atoms with Crippen LogP contribution in [0.2, 0.25) is 0 Å². The number of carbonyl (C=O) groups is 2. The van der Waals surface area contributed by atoms with Crippen molar-refractivity contribution in [3.63, 3.8) is 0 Å². The number of nitrogens with one attached hydrogen (secondary N) is 1. The quantitative estimate of drug-likeness (QED) is 0.800. The van der Waals surface area contributed by atoms with Crippen molar-refractivity contribution >= 4 is 17.5 Å². The summed E-state index contributed by atoms with van der Waals surface area (Å²) in [5.74, 6) is 0.0635. The summed E-state index contributed by atoms with van der Waals surface area (Å²) >= 11 is 0. The molecule has 6 heteroatoms. The van der Waals surface area contributed by atoms with Gasteiger partial charge in [-0.3, -0.25) is 14.3 Å². The first-order valence-corrected chi connectivity index (χ1v) is 7.22. The lowest BCUT2D eigenvalue weighted by molar-refractivity contribution is -0.126. The zero-order valence-corrected chi connectivity index (χ0v) is 12.6. The molecule has 0 aliphatic carbocycles. The summed E-state index contributed by atoms with van der Waals surface area (Å²) in [6, 6.07) is 0. The fourth-order valence-electron chi connectivity index (χ4n) is 2.42. The summed E-state index contributed by atoms with van der Waals surface area (Å²) in [4.78, 5) is 25.6. The van der Waals surface area contributed by atoms with E-state index in [9.17, 15) is 9.59 Å². The number of amides is 2. The van der Waals surface area contributed by atoms with Gasteiger partial charge in [-0.2, -0.15) is 5.10 Å². The minimum Gasteiger partial charge on any atom is -0.352 e. The Hall–Kier alpha value is -2.11. The second kappa shape index (κ2) is 6.56. The number of carbonyl (C=O) groups excluding carboxylic acids is 2. The molecule has 0 aromatic carbocycles. The second-order valence-corrected chi connectivity index (χ2v) is 5.75. The SMILES string of the molecule is C=CCNC(=O)[C@@H]1CC(=O)N(c2cnn(CC(C)C)c2)C1. The molecule has 6 nitrogen and oxygen atoms in total. The van der Waals surface area contributed by atoms with E-state index in [1.165, 1.54) is 0 Å². The van der Waals surface area contributed by atoms with Crippen LogP contribution in [0, 0.1) is 11.8 Å². The van der Waals surface area contributed by atoms with Crippen LogP contribution in [0.3, 0.4) is 0 Å². The molecule has 1 aromatic heterocycles. The largest absolute Gasteiger partial charge is 0.352 e. The van der Waals surface area contributed by atoms with E-state index in [1.54, 1.807) is 17.2 Å². The molecule has 1 N–H and O–H groups in total. The molecule has 2 amide bonds. The van der Waals surface area contributed by atoms with Crippen LogP contribution in [0.1, 0.15) is 20.3 Å². The van der Waals surface area contributed by atoms with Gasteiger partial charge in [-0.25, -0.2) is 0 Å². The average Bonchev–Trinajstić information content (AvgIpc) is 3.01. The Bertz CT molecular complexity index is 536. The van der Waals surface area contributed by atoms with Crippen LogP contribution < -0.4 is 10.2 Å². The van der Waals surface area contributed by atoms with Crippen LogP contribution in [0.15, 0.2) is 25.0 Å². The number of anilines is 1. The Morgan fingerprint density at radius 3 is 3.05 bits per heavy atom. The van der Waals surface area contributed by atoms with E-state index in [1.807, 2.05) is 10.9 Å². The van der Waals surface area contributed by atoms with Crippen molar-refractivity contribution in [2.75, 3.05) is 18.0 Å². The predicted molar refractivity (Wildman–Crippen MR) is 80.7 cm³/mol. The Labute approximate surface area is 124 Å². The lowest BCUT2D eigenvalue weighted by Gasteiger charge is -2.14. The van der Waals surface area contributed by atoms with E-state index in [4.69, 9.17) is 0 Å². The van der Waals surface area contributed by atoms with E-state index < -0.39 is 0 Å².